The molecule has 1 unspecified atom stereocenters. The molecule has 0 aliphatic carbocycles. The van der Waals surface area contributed by atoms with Gasteiger partial charge in [-0.1, -0.05) is 36.9 Å². The molecule has 0 fully saturated rings. The first-order chi connectivity index (χ1) is 7.95. The van der Waals surface area contributed by atoms with Crippen LogP contribution in [0.4, 0.5) is 18.0 Å². The number of rotatable bonds is 3. The smallest absolute Gasteiger partial charge is 0.416 e. The molecule has 0 N–H and O–H groups in total. The minimum Gasteiger partial charge on any atom is -0.416 e. The summed E-state index contributed by atoms with van der Waals surface area (Å²) in [4.78, 5) is 10.9. The first-order valence-corrected chi connectivity index (χ1v) is 4.55. The average molecular weight is 246 g/mol. The molecule has 92 valence electrons. The van der Waals surface area contributed by atoms with Gasteiger partial charge in [0.1, 0.15) is 0 Å². The Morgan fingerprint density at radius 3 is 2.35 bits per heavy atom. The molecule has 0 spiro atoms. The van der Waals surface area contributed by atoms with Crippen LogP contribution in [0.15, 0.2) is 43.2 Å². The van der Waals surface area contributed by atoms with E-state index in [0.717, 1.165) is 0 Å². The SMILES string of the molecule is C=COC(=O)OC(c1ccccc1)C(F)(F)F. The maximum absolute atomic E-state index is 12.6. The van der Waals surface area contributed by atoms with Gasteiger partial charge in [-0.15, -0.1) is 0 Å². The Hall–Kier alpha value is -1.98. The van der Waals surface area contributed by atoms with Crippen molar-refractivity contribution in [3.63, 3.8) is 0 Å². The third kappa shape index (κ3) is 3.82. The van der Waals surface area contributed by atoms with E-state index < -0.39 is 18.4 Å². The summed E-state index contributed by atoms with van der Waals surface area (Å²) in [7, 11) is 0. The molecule has 0 saturated carbocycles. The van der Waals surface area contributed by atoms with Gasteiger partial charge in [-0.3, -0.25) is 0 Å². The minimum absolute atomic E-state index is 0.180. The molecule has 0 aliphatic rings. The van der Waals surface area contributed by atoms with E-state index in [-0.39, 0.29) is 5.56 Å². The predicted octanol–water partition coefficient (Wildman–Crippen LogP) is 3.59. The molecule has 0 heterocycles. The standard InChI is InChI=1S/C11H9F3O3/c1-2-16-10(15)17-9(11(12,13)14)8-6-4-3-5-7-8/h2-7,9H,1H2. The van der Waals surface area contributed by atoms with E-state index in [2.05, 4.69) is 16.1 Å². The zero-order valence-electron chi connectivity index (χ0n) is 8.61. The second-order valence-corrected chi connectivity index (χ2v) is 2.98. The fourth-order valence-electron chi connectivity index (χ4n) is 1.14. The second-order valence-electron chi connectivity index (χ2n) is 2.98. The third-order valence-electron chi connectivity index (χ3n) is 1.79. The van der Waals surface area contributed by atoms with Crippen molar-refractivity contribution < 1.29 is 27.4 Å². The van der Waals surface area contributed by atoms with Gasteiger partial charge in [0.25, 0.3) is 0 Å². The minimum atomic E-state index is -4.71. The van der Waals surface area contributed by atoms with Crippen molar-refractivity contribution in [2.45, 2.75) is 12.3 Å². The lowest BCUT2D eigenvalue weighted by atomic mass is 10.1. The Bertz CT molecular complexity index is 387. The number of carbonyl (C=O) groups is 1. The van der Waals surface area contributed by atoms with Crippen LogP contribution in [0.1, 0.15) is 11.7 Å². The highest BCUT2D eigenvalue weighted by molar-refractivity contribution is 5.61. The summed E-state index contributed by atoms with van der Waals surface area (Å²) >= 11 is 0. The number of ether oxygens (including phenoxy) is 2. The zero-order valence-corrected chi connectivity index (χ0v) is 8.61. The molecule has 1 rings (SSSR count). The molecular formula is C11H9F3O3. The number of alkyl halides is 3. The molecule has 0 bridgehead atoms. The van der Waals surface area contributed by atoms with Crippen LogP contribution in [0.25, 0.3) is 0 Å². The van der Waals surface area contributed by atoms with Gasteiger partial charge in [0.05, 0.1) is 6.26 Å². The van der Waals surface area contributed by atoms with E-state index in [1.165, 1.54) is 24.3 Å². The summed E-state index contributed by atoms with van der Waals surface area (Å²) in [5.41, 5.74) is -0.180. The van der Waals surface area contributed by atoms with Gasteiger partial charge in [0.2, 0.25) is 6.10 Å². The Morgan fingerprint density at radius 2 is 1.88 bits per heavy atom. The molecule has 3 nitrogen and oxygen atoms in total. The van der Waals surface area contributed by atoms with Crippen LogP contribution in [-0.4, -0.2) is 12.3 Å². The number of carbonyl (C=O) groups excluding carboxylic acids is 1. The van der Waals surface area contributed by atoms with Crippen molar-refractivity contribution in [3.8, 4) is 0 Å². The lowest BCUT2D eigenvalue weighted by Gasteiger charge is -2.19. The maximum Gasteiger partial charge on any atom is 0.514 e. The predicted molar refractivity (Wildman–Crippen MR) is 53.0 cm³/mol. The maximum atomic E-state index is 12.6. The molecule has 0 amide bonds. The topological polar surface area (TPSA) is 35.5 Å². The second kappa shape index (κ2) is 5.38. The van der Waals surface area contributed by atoms with Crippen molar-refractivity contribution in [2.24, 2.45) is 0 Å². The molecule has 1 aromatic carbocycles. The average Bonchev–Trinajstić information content (AvgIpc) is 2.26. The fourth-order valence-corrected chi connectivity index (χ4v) is 1.14. The van der Waals surface area contributed by atoms with Gasteiger partial charge in [-0.2, -0.15) is 13.2 Å². The first-order valence-electron chi connectivity index (χ1n) is 4.55. The molecule has 0 aromatic heterocycles. The summed E-state index contributed by atoms with van der Waals surface area (Å²) in [6.07, 6.45) is -7.82. The van der Waals surface area contributed by atoms with Gasteiger partial charge >= 0.3 is 12.3 Å². The van der Waals surface area contributed by atoms with E-state index in [0.29, 0.717) is 6.26 Å². The Morgan fingerprint density at radius 1 is 1.29 bits per heavy atom. The van der Waals surface area contributed by atoms with Crippen LogP contribution >= 0.6 is 0 Å². The van der Waals surface area contributed by atoms with E-state index in [4.69, 9.17) is 0 Å². The summed E-state index contributed by atoms with van der Waals surface area (Å²) in [6, 6.07) is 6.80. The van der Waals surface area contributed by atoms with E-state index in [9.17, 15) is 18.0 Å². The molecule has 0 aliphatic heterocycles. The summed E-state index contributed by atoms with van der Waals surface area (Å²) in [6.45, 7) is 3.04. The van der Waals surface area contributed by atoms with Gasteiger partial charge in [-0.25, -0.2) is 4.79 Å². The molecule has 0 radical (unpaired) electrons. The highest BCUT2D eigenvalue weighted by Gasteiger charge is 2.44. The normalized spacial score (nSPS) is 12.6. The Kier molecular flexibility index (Phi) is 4.14. The molecular weight excluding hydrogens is 237 g/mol. The van der Waals surface area contributed by atoms with Gasteiger partial charge in [0.15, 0.2) is 0 Å². The largest absolute Gasteiger partial charge is 0.514 e. The Labute approximate surface area is 95.5 Å². The van der Waals surface area contributed by atoms with E-state index >= 15 is 0 Å². The van der Waals surface area contributed by atoms with Crippen LogP contribution in [-0.2, 0) is 9.47 Å². The number of hydrogen-bond donors (Lipinski definition) is 0. The van der Waals surface area contributed by atoms with Gasteiger partial charge in [0, 0.05) is 5.56 Å². The summed E-state index contributed by atoms with van der Waals surface area (Å²) in [5, 5.41) is 0. The number of hydrogen-bond acceptors (Lipinski definition) is 3. The van der Waals surface area contributed by atoms with Gasteiger partial charge < -0.3 is 9.47 Å². The van der Waals surface area contributed by atoms with Crippen molar-refractivity contribution in [2.75, 3.05) is 0 Å². The number of benzene rings is 1. The fraction of sp³-hybridized carbons (Fsp3) is 0.182. The lowest BCUT2D eigenvalue weighted by molar-refractivity contribution is -0.210. The number of halogens is 3. The summed E-state index contributed by atoms with van der Waals surface area (Å²) < 4.78 is 46.2. The molecule has 1 aromatic rings. The van der Waals surface area contributed by atoms with Crippen LogP contribution in [0.2, 0.25) is 0 Å². The van der Waals surface area contributed by atoms with Crippen LogP contribution < -0.4 is 0 Å². The summed E-state index contributed by atoms with van der Waals surface area (Å²) in [5.74, 6) is 0. The first kappa shape index (κ1) is 13.1. The zero-order chi connectivity index (χ0) is 12.9. The van der Waals surface area contributed by atoms with E-state index in [1.807, 2.05) is 0 Å². The monoisotopic (exact) mass is 246 g/mol. The van der Waals surface area contributed by atoms with Crippen molar-refractivity contribution in [1.82, 2.24) is 0 Å². The third-order valence-corrected chi connectivity index (χ3v) is 1.79. The Balaban J connectivity index is 2.90. The quantitative estimate of drug-likeness (QED) is 0.604. The molecule has 6 heteroatoms. The molecule has 1 atom stereocenters. The lowest BCUT2D eigenvalue weighted by Crippen LogP contribution is -2.26. The van der Waals surface area contributed by atoms with Crippen molar-refractivity contribution in [1.29, 1.82) is 0 Å². The highest BCUT2D eigenvalue weighted by Crippen LogP contribution is 2.35. The van der Waals surface area contributed by atoms with Crippen LogP contribution in [0.3, 0.4) is 0 Å². The van der Waals surface area contributed by atoms with Crippen LogP contribution in [0.5, 0.6) is 0 Å². The van der Waals surface area contributed by atoms with Gasteiger partial charge in [-0.05, 0) is 0 Å². The van der Waals surface area contributed by atoms with Crippen molar-refractivity contribution in [3.05, 3.63) is 48.7 Å². The molecule has 0 saturated heterocycles. The van der Waals surface area contributed by atoms with Crippen molar-refractivity contribution >= 4 is 6.16 Å². The highest BCUT2D eigenvalue weighted by atomic mass is 19.4. The van der Waals surface area contributed by atoms with Crippen LogP contribution in [0, 0.1) is 0 Å². The molecule has 17 heavy (non-hydrogen) atoms. The van der Waals surface area contributed by atoms with E-state index in [1.54, 1.807) is 6.07 Å².